The summed E-state index contributed by atoms with van der Waals surface area (Å²) in [6.07, 6.45) is 0.120. The van der Waals surface area contributed by atoms with Gasteiger partial charge < -0.3 is 15.2 Å². The largest absolute Gasteiger partial charge is 0.494 e. The number of nitrogens with zero attached hydrogens (tertiary/aromatic N) is 1. The summed E-state index contributed by atoms with van der Waals surface area (Å²) in [5.41, 5.74) is 0.00625. The molecule has 0 atom stereocenters. The Morgan fingerprint density at radius 3 is 3.07 bits per heavy atom. The lowest BCUT2D eigenvalue weighted by molar-refractivity contribution is 0.193. The minimum atomic E-state index is -1.23. The maximum absolute atomic E-state index is 13.3. The van der Waals surface area contributed by atoms with Crippen molar-refractivity contribution in [3.8, 4) is 5.75 Å². The SMILES string of the molecule is COc1ccnc(CNC(=O)O)c1F. The first-order valence-corrected chi connectivity index (χ1v) is 3.79. The molecule has 0 saturated heterocycles. The lowest BCUT2D eigenvalue weighted by Crippen LogP contribution is -2.21. The molecule has 0 spiro atoms. The summed E-state index contributed by atoms with van der Waals surface area (Å²) in [4.78, 5) is 13.8. The lowest BCUT2D eigenvalue weighted by atomic mass is 10.3. The molecule has 1 rings (SSSR count). The maximum atomic E-state index is 13.3. The average molecular weight is 200 g/mol. The Kier molecular flexibility index (Phi) is 3.22. The first-order valence-electron chi connectivity index (χ1n) is 3.79. The van der Waals surface area contributed by atoms with Crippen molar-refractivity contribution in [2.75, 3.05) is 7.11 Å². The molecule has 1 aromatic heterocycles. The molecule has 14 heavy (non-hydrogen) atoms. The van der Waals surface area contributed by atoms with Gasteiger partial charge in [-0.2, -0.15) is 0 Å². The van der Waals surface area contributed by atoms with Crippen LogP contribution in [0.4, 0.5) is 9.18 Å². The van der Waals surface area contributed by atoms with Crippen LogP contribution in [0.1, 0.15) is 5.69 Å². The van der Waals surface area contributed by atoms with Crippen molar-refractivity contribution >= 4 is 6.09 Å². The predicted molar refractivity (Wildman–Crippen MR) is 45.6 cm³/mol. The van der Waals surface area contributed by atoms with E-state index < -0.39 is 11.9 Å². The van der Waals surface area contributed by atoms with E-state index in [9.17, 15) is 9.18 Å². The Morgan fingerprint density at radius 1 is 1.79 bits per heavy atom. The van der Waals surface area contributed by atoms with Gasteiger partial charge in [0.05, 0.1) is 19.3 Å². The molecule has 0 unspecified atom stereocenters. The van der Waals surface area contributed by atoms with Crippen LogP contribution in [0.25, 0.3) is 0 Å². The molecule has 0 bridgehead atoms. The Labute approximate surface area is 79.5 Å². The number of hydrogen-bond donors (Lipinski definition) is 2. The highest BCUT2D eigenvalue weighted by Gasteiger charge is 2.09. The maximum Gasteiger partial charge on any atom is 0.404 e. The second-order valence-electron chi connectivity index (χ2n) is 2.43. The molecule has 1 heterocycles. The highest BCUT2D eigenvalue weighted by molar-refractivity contribution is 5.64. The third-order valence-corrected chi connectivity index (χ3v) is 1.55. The molecule has 1 amide bonds. The molecular formula is C8H9FN2O3. The summed E-state index contributed by atoms with van der Waals surface area (Å²) in [6, 6.07) is 1.36. The van der Waals surface area contributed by atoms with Crippen LogP contribution in [-0.2, 0) is 6.54 Å². The van der Waals surface area contributed by atoms with Crippen molar-refractivity contribution in [2.45, 2.75) is 6.54 Å². The van der Waals surface area contributed by atoms with Crippen molar-refractivity contribution in [3.63, 3.8) is 0 Å². The smallest absolute Gasteiger partial charge is 0.404 e. The second kappa shape index (κ2) is 4.40. The van der Waals surface area contributed by atoms with Crippen LogP contribution in [0.15, 0.2) is 12.3 Å². The van der Waals surface area contributed by atoms with Gasteiger partial charge in [-0.25, -0.2) is 9.18 Å². The Hall–Kier alpha value is -1.85. The Bertz CT molecular complexity index is 343. The van der Waals surface area contributed by atoms with Crippen LogP contribution in [0.2, 0.25) is 0 Å². The number of carbonyl (C=O) groups is 1. The zero-order valence-electron chi connectivity index (χ0n) is 7.45. The van der Waals surface area contributed by atoms with Crippen LogP contribution in [-0.4, -0.2) is 23.3 Å². The monoisotopic (exact) mass is 200 g/mol. The van der Waals surface area contributed by atoms with E-state index in [0.29, 0.717) is 0 Å². The van der Waals surface area contributed by atoms with Crippen LogP contribution in [0.3, 0.4) is 0 Å². The third kappa shape index (κ3) is 2.32. The average Bonchev–Trinajstić information content (AvgIpc) is 2.16. The molecule has 76 valence electrons. The Balaban J connectivity index is 2.81. The number of ether oxygens (including phenoxy) is 1. The number of hydrogen-bond acceptors (Lipinski definition) is 3. The fraction of sp³-hybridized carbons (Fsp3) is 0.250. The number of halogens is 1. The minimum Gasteiger partial charge on any atom is -0.494 e. The van der Waals surface area contributed by atoms with Crippen molar-refractivity contribution in [3.05, 3.63) is 23.8 Å². The van der Waals surface area contributed by atoms with Crippen molar-refractivity contribution in [1.82, 2.24) is 10.3 Å². The summed E-state index contributed by atoms with van der Waals surface area (Å²) in [7, 11) is 1.33. The summed E-state index contributed by atoms with van der Waals surface area (Å²) < 4.78 is 18.0. The number of amides is 1. The number of aromatic nitrogens is 1. The number of pyridine rings is 1. The van der Waals surface area contributed by atoms with Gasteiger partial charge in [-0.05, 0) is 0 Å². The van der Waals surface area contributed by atoms with Gasteiger partial charge in [0.25, 0.3) is 0 Å². The van der Waals surface area contributed by atoms with E-state index in [1.165, 1.54) is 19.4 Å². The van der Waals surface area contributed by atoms with Crippen molar-refractivity contribution in [1.29, 1.82) is 0 Å². The molecule has 0 aliphatic rings. The van der Waals surface area contributed by atoms with E-state index in [4.69, 9.17) is 9.84 Å². The van der Waals surface area contributed by atoms with Crippen LogP contribution in [0, 0.1) is 5.82 Å². The zero-order valence-corrected chi connectivity index (χ0v) is 7.45. The van der Waals surface area contributed by atoms with Gasteiger partial charge in [-0.1, -0.05) is 0 Å². The van der Waals surface area contributed by atoms with E-state index in [-0.39, 0.29) is 18.0 Å². The highest BCUT2D eigenvalue weighted by atomic mass is 19.1. The number of methoxy groups -OCH3 is 1. The number of nitrogens with one attached hydrogen (secondary N) is 1. The molecule has 6 heteroatoms. The first kappa shape index (κ1) is 10.2. The van der Waals surface area contributed by atoms with E-state index in [1.54, 1.807) is 0 Å². The normalized spacial score (nSPS) is 9.57. The van der Waals surface area contributed by atoms with Gasteiger partial charge in [0.15, 0.2) is 11.6 Å². The molecule has 0 aliphatic carbocycles. The summed E-state index contributed by atoms with van der Waals surface area (Å²) >= 11 is 0. The number of rotatable bonds is 3. The van der Waals surface area contributed by atoms with Gasteiger partial charge in [0, 0.05) is 12.3 Å². The van der Waals surface area contributed by atoms with E-state index in [2.05, 4.69) is 4.98 Å². The summed E-state index contributed by atoms with van der Waals surface area (Å²) in [6.45, 7) is -0.182. The van der Waals surface area contributed by atoms with Crippen molar-refractivity contribution < 1.29 is 19.0 Å². The highest BCUT2D eigenvalue weighted by Crippen LogP contribution is 2.17. The Morgan fingerprint density at radius 2 is 2.50 bits per heavy atom. The molecule has 0 aromatic carbocycles. The predicted octanol–water partition coefficient (Wildman–Crippen LogP) is 0.997. The molecule has 0 saturated carbocycles. The van der Waals surface area contributed by atoms with Crippen LogP contribution < -0.4 is 10.1 Å². The summed E-state index contributed by atoms with van der Waals surface area (Å²) in [5, 5.41) is 10.3. The minimum absolute atomic E-state index is 0.00625. The fourth-order valence-corrected chi connectivity index (χ4v) is 0.907. The zero-order chi connectivity index (χ0) is 10.6. The van der Waals surface area contributed by atoms with Gasteiger partial charge >= 0.3 is 6.09 Å². The van der Waals surface area contributed by atoms with Gasteiger partial charge in [-0.15, -0.1) is 0 Å². The van der Waals surface area contributed by atoms with E-state index >= 15 is 0 Å². The second-order valence-corrected chi connectivity index (χ2v) is 2.43. The van der Waals surface area contributed by atoms with Crippen LogP contribution in [0.5, 0.6) is 5.75 Å². The molecule has 5 nitrogen and oxygen atoms in total. The molecule has 2 N–H and O–H groups in total. The van der Waals surface area contributed by atoms with Crippen molar-refractivity contribution in [2.24, 2.45) is 0 Å². The topological polar surface area (TPSA) is 71.5 Å². The molecule has 0 aliphatic heterocycles. The number of carboxylic acid groups (broad SMARTS) is 1. The standard InChI is InChI=1S/C8H9FN2O3/c1-14-6-2-3-10-5(7(6)9)4-11-8(12)13/h2-3,11H,4H2,1H3,(H,12,13). The first-order chi connectivity index (χ1) is 6.65. The third-order valence-electron chi connectivity index (χ3n) is 1.55. The van der Waals surface area contributed by atoms with Crippen LogP contribution >= 0.6 is 0 Å². The van der Waals surface area contributed by atoms with Gasteiger partial charge in [0.1, 0.15) is 0 Å². The molecular weight excluding hydrogens is 191 g/mol. The van der Waals surface area contributed by atoms with Gasteiger partial charge in [0.2, 0.25) is 0 Å². The molecule has 1 aromatic rings. The quantitative estimate of drug-likeness (QED) is 0.763. The van der Waals surface area contributed by atoms with Gasteiger partial charge in [-0.3, -0.25) is 4.98 Å². The summed E-state index contributed by atoms with van der Waals surface area (Å²) in [5.74, 6) is -0.606. The lowest BCUT2D eigenvalue weighted by Gasteiger charge is -2.05. The fourth-order valence-electron chi connectivity index (χ4n) is 0.907. The van der Waals surface area contributed by atoms with E-state index in [0.717, 1.165) is 0 Å². The molecule has 0 radical (unpaired) electrons. The van der Waals surface area contributed by atoms with E-state index in [1.807, 2.05) is 5.32 Å². The molecule has 0 fully saturated rings.